The Balaban J connectivity index is 2.86. The quantitative estimate of drug-likeness (QED) is 0.570. The molecule has 0 saturated carbocycles. The number of hydrogen-bond acceptors (Lipinski definition) is 1. The van der Waals surface area contributed by atoms with Crippen LogP contribution in [-0.4, -0.2) is 12.8 Å². The Hall–Kier alpha value is -1.11. The summed E-state index contributed by atoms with van der Waals surface area (Å²) >= 11 is 0. The van der Waals surface area contributed by atoms with Crippen LogP contribution in [0.1, 0.15) is 18.1 Å². The summed E-state index contributed by atoms with van der Waals surface area (Å²) in [5.41, 5.74) is 2.50. The highest BCUT2D eigenvalue weighted by atomic mass is 14.7. The fourth-order valence-electron chi connectivity index (χ4n) is 0.921. The van der Waals surface area contributed by atoms with E-state index in [0.29, 0.717) is 0 Å². The molecule has 1 heteroatoms. The zero-order chi connectivity index (χ0) is 8.10. The van der Waals surface area contributed by atoms with Crippen LogP contribution in [-0.2, 0) is 0 Å². The molecule has 0 aliphatic heterocycles. The van der Waals surface area contributed by atoms with E-state index < -0.39 is 0 Å². The molecule has 11 heavy (non-hydrogen) atoms. The number of nitrogens with zero attached hydrogens (tertiary/aromatic N) is 1. The lowest BCUT2D eigenvalue weighted by molar-refractivity contribution is 1.14. The van der Waals surface area contributed by atoms with Crippen molar-refractivity contribution >= 4 is 6.21 Å². The lowest BCUT2D eigenvalue weighted by Gasteiger charge is -1.96. The van der Waals surface area contributed by atoms with Gasteiger partial charge in [-0.2, -0.15) is 0 Å². The molecule has 1 nitrogen and oxygen atoms in total. The Morgan fingerprint density at radius 1 is 1.36 bits per heavy atom. The molecular formula is C10H13N. The van der Waals surface area contributed by atoms with Crippen LogP contribution in [0, 0.1) is 6.92 Å². The second-order valence-electron chi connectivity index (χ2n) is 2.48. The van der Waals surface area contributed by atoms with Gasteiger partial charge in [0.25, 0.3) is 0 Å². The van der Waals surface area contributed by atoms with E-state index in [2.05, 4.69) is 24.0 Å². The van der Waals surface area contributed by atoms with Crippen molar-refractivity contribution in [3.05, 3.63) is 35.4 Å². The molecule has 0 amide bonds. The minimum Gasteiger partial charge on any atom is -0.293 e. The van der Waals surface area contributed by atoms with Crippen molar-refractivity contribution < 1.29 is 0 Å². The van der Waals surface area contributed by atoms with Gasteiger partial charge in [-0.1, -0.05) is 24.3 Å². The molecule has 0 bridgehead atoms. The molecular weight excluding hydrogens is 134 g/mol. The molecule has 0 aliphatic carbocycles. The first-order valence-electron chi connectivity index (χ1n) is 3.90. The van der Waals surface area contributed by atoms with E-state index in [9.17, 15) is 0 Å². The smallest absolute Gasteiger partial charge is 0.0361 e. The average Bonchev–Trinajstić information content (AvgIpc) is 2.03. The van der Waals surface area contributed by atoms with Crippen LogP contribution in [0.5, 0.6) is 0 Å². The predicted molar refractivity (Wildman–Crippen MR) is 49.3 cm³/mol. The summed E-state index contributed by atoms with van der Waals surface area (Å²) < 4.78 is 0. The van der Waals surface area contributed by atoms with Crippen LogP contribution in [0.25, 0.3) is 0 Å². The number of hydrogen-bond donors (Lipinski definition) is 0. The molecule has 0 N–H and O–H groups in total. The van der Waals surface area contributed by atoms with E-state index in [4.69, 9.17) is 0 Å². The zero-order valence-corrected chi connectivity index (χ0v) is 7.04. The Morgan fingerprint density at radius 3 is 2.73 bits per heavy atom. The maximum Gasteiger partial charge on any atom is 0.0361 e. The van der Waals surface area contributed by atoms with Crippen molar-refractivity contribution in [2.45, 2.75) is 13.8 Å². The fraction of sp³-hybridized carbons (Fsp3) is 0.300. The molecule has 1 aromatic carbocycles. The lowest BCUT2D eigenvalue weighted by atomic mass is 10.1. The molecule has 0 unspecified atom stereocenters. The molecule has 58 valence electrons. The molecule has 0 spiro atoms. The largest absolute Gasteiger partial charge is 0.293 e. The third-order valence-corrected chi connectivity index (χ3v) is 1.60. The SMILES string of the molecule is CC/N=C\c1ccccc1C. The van der Waals surface area contributed by atoms with Crippen molar-refractivity contribution in [3.63, 3.8) is 0 Å². The number of aliphatic imine (C=N–C) groups is 1. The van der Waals surface area contributed by atoms with E-state index >= 15 is 0 Å². The first-order valence-corrected chi connectivity index (χ1v) is 3.90. The van der Waals surface area contributed by atoms with Gasteiger partial charge in [0.15, 0.2) is 0 Å². The topological polar surface area (TPSA) is 12.4 Å². The van der Waals surface area contributed by atoms with Crippen LogP contribution in [0.15, 0.2) is 29.3 Å². The van der Waals surface area contributed by atoms with Crippen molar-refractivity contribution in [2.24, 2.45) is 4.99 Å². The van der Waals surface area contributed by atoms with E-state index in [1.807, 2.05) is 25.3 Å². The van der Waals surface area contributed by atoms with Gasteiger partial charge < -0.3 is 0 Å². The van der Waals surface area contributed by atoms with E-state index in [-0.39, 0.29) is 0 Å². The minimum atomic E-state index is 0.855. The highest BCUT2D eigenvalue weighted by Gasteiger charge is 1.89. The van der Waals surface area contributed by atoms with Gasteiger partial charge in [-0.25, -0.2) is 0 Å². The van der Waals surface area contributed by atoms with Gasteiger partial charge in [-0.3, -0.25) is 4.99 Å². The number of benzene rings is 1. The normalized spacial score (nSPS) is 10.7. The Morgan fingerprint density at radius 2 is 2.09 bits per heavy atom. The third-order valence-electron chi connectivity index (χ3n) is 1.60. The summed E-state index contributed by atoms with van der Waals surface area (Å²) in [6.45, 7) is 4.99. The van der Waals surface area contributed by atoms with Crippen LogP contribution in [0.2, 0.25) is 0 Å². The van der Waals surface area contributed by atoms with Gasteiger partial charge in [-0.05, 0) is 25.0 Å². The molecule has 0 aromatic heterocycles. The molecule has 1 aromatic rings. The van der Waals surface area contributed by atoms with Crippen LogP contribution in [0.4, 0.5) is 0 Å². The van der Waals surface area contributed by atoms with Crippen molar-refractivity contribution in [2.75, 3.05) is 6.54 Å². The molecule has 0 radical (unpaired) electrons. The summed E-state index contributed by atoms with van der Waals surface area (Å²) in [6, 6.07) is 8.24. The highest BCUT2D eigenvalue weighted by Crippen LogP contribution is 2.03. The maximum absolute atomic E-state index is 4.18. The summed E-state index contributed by atoms with van der Waals surface area (Å²) in [4.78, 5) is 4.18. The van der Waals surface area contributed by atoms with Gasteiger partial charge >= 0.3 is 0 Å². The summed E-state index contributed by atoms with van der Waals surface area (Å²) in [7, 11) is 0. The van der Waals surface area contributed by atoms with Gasteiger partial charge in [0.1, 0.15) is 0 Å². The minimum absolute atomic E-state index is 0.855. The van der Waals surface area contributed by atoms with E-state index in [0.717, 1.165) is 6.54 Å². The number of rotatable bonds is 2. The molecule has 0 fully saturated rings. The van der Waals surface area contributed by atoms with Crippen molar-refractivity contribution in [1.82, 2.24) is 0 Å². The summed E-state index contributed by atoms with van der Waals surface area (Å²) in [5.74, 6) is 0. The first kappa shape index (κ1) is 7.99. The van der Waals surface area contributed by atoms with E-state index in [1.54, 1.807) is 0 Å². The average molecular weight is 147 g/mol. The molecule has 1 rings (SSSR count). The van der Waals surface area contributed by atoms with Crippen molar-refractivity contribution in [1.29, 1.82) is 0 Å². The zero-order valence-electron chi connectivity index (χ0n) is 7.04. The third kappa shape index (κ3) is 2.19. The standard InChI is InChI=1S/C10H13N/c1-3-11-8-10-7-5-4-6-9(10)2/h4-8H,3H2,1-2H3/b11-8-. The molecule has 0 saturated heterocycles. The van der Waals surface area contributed by atoms with Crippen LogP contribution < -0.4 is 0 Å². The van der Waals surface area contributed by atoms with Crippen molar-refractivity contribution in [3.8, 4) is 0 Å². The first-order chi connectivity index (χ1) is 5.34. The van der Waals surface area contributed by atoms with Crippen LogP contribution >= 0.6 is 0 Å². The number of aryl methyl sites for hydroxylation is 1. The van der Waals surface area contributed by atoms with Gasteiger partial charge in [-0.15, -0.1) is 0 Å². The second kappa shape index (κ2) is 3.91. The maximum atomic E-state index is 4.18. The van der Waals surface area contributed by atoms with E-state index in [1.165, 1.54) is 11.1 Å². The summed E-state index contributed by atoms with van der Waals surface area (Å²) in [6.07, 6.45) is 1.93. The Labute approximate surface area is 67.8 Å². The molecule has 0 atom stereocenters. The molecule has 0 aliphatic rings. The van der Waals surface area contributed by atoms with Gasteiger partial charge in [0.05, 0.1) is 0 Å². The van der Waals surface area contributed by atoms with Crippen LogP contribution in [0.3, 0.4) is 0 Å². The highest BCUT2D eigenvalue weighted by molar-refractivity contribution is 5.81. The second-order valence-corrected chi connectivity index (χ2v) is 2.48. The molecule has 0 heterocycles. The fourth-order valence-corrected chi connectivity index (χ4v) is 0.921. The Kier molecular flexibility index (Phi) is 2.84. The monoisotopic (exact) mass is 147 g/mol. The predicted octanol–water partition coefficient (Wildman–Crippen LogP) is 2.43. The lowest BCUT2D eigenvalue weighted by Crippen LogP contribution is -1.85. The van der Waals surface area contributed by atoms with Gasteiger partial charge in [0.2, 0.25) is 0 Å². The van der Waals surface area contributed by atoms with Gasteiger partial charge in [0, 0.05) is 12.8 Å². The summed E-state index contributed by atoms with van der Waals surface area (Å²) in [5, 5.41) is 0. The Bertz CT molecular complexity index is 251.